The normalized spacial score (nSPS) is 18.7. The van der Waals surface area contributed by atoms with Crippen molar-refractivity contribution in [2.45, 2.75) is 42.5 Å². The maximum absolute atomic E-state index is 14.6. The molecule has 0 radical (unpaired) electrons. The van der Waals surface area contributed by atoms with Gasteiger partial charge in [-0.1, -0.05) is 18.2 Å². The van der Waals surface area contributed by atoms with E-state index < -0.39 is 63.3 Å². The van der Waals surface area contributed by atoms with E-state index in [0.29, 0.717) is 59.7 Å². The van der Waals surface area contributed by atoms with Crippen molar-refractivity contribution in [1.29, 1.82) is 0 Å². The van der Waals surface area contributed by atoms with Gasteiger partial charge in [-0.2, -0.15) is 17.5 Å². The lowest BCUT2D eigenvalue weighted by molar-refractivity contribution is -0.137. The number of pyridine rings is 2. The minimum absolute atomic E-state index is 0.214. The van der Waals surface area contributed by atoms with Gasteiger partial charge in [-0.05, 0) is 66.2 Å². The van der Waals surface area contributed by atoms with E-state index in [9.17, 15) is 39.6 Å². The van der Waals surface area contributed by atoms with Gasteiger partial charge in [-0.25, -0.2) is 26.6 Å². The average Bonchev–Trinajstić information content (AvgIpc) is 3.44. The van der Waals surface area contributed by atoms with Gasteiger partial charge in [0.15, 0.2) is 0 Å². The van der Waals surface area contributed by atoms with Crippen molar-refractivity contribution in [2.24, 2.45) is 0 Å². The highest BCUT2D eigenvalue weighted by Crippen LogP contribution is 2.36. The summed E-state index contributed by atoms with van der Waals surface area (Å²) in [4.78, 5) is 26.2. The van der Waals surface area contributed by atoms with Crippen LogP contribution < -0.4 is 10.2 Å². The number of sulfonamides is 1. The molecule has 2 aliphatic rings. The van der Waals surface area contributed by atoms with Crippen molar-refractivity contribution in [3.8, 4) is 11.3 Å². The predicted octanol–water partition coefficient (Wildman–Crippen LogP) is 5.34. The number of alkyl halides is 5. The third-order valence-electron chi connectivity index (χ3n) is 8.60. The van der Waals surface area contributed by atoms with Gasteiger partial charge >= 0.3 is 6.18 Å². The van der Waals surface area contributed by atoms with Crippen molar-refractivity contribution in [3.05, 3.63) is 108 Å². The molecule has 2 aromatic heterocycles. The Morgan fingerprint density at radius 1 is 0.940 bits per heavy atom. The largest absolute Gasteiger partial charge is 0.416 e. The Hall–Kier alpha value is -4.54. The van der Waals surface area contributed by atoms with Gasteiger partial charge in [0.2, 0.25) is 15.9 Å². The summed E-state index contributed by atoms with van der Waals surface area (Å²) in [5.74, 6) is -4.68. The molecule has 50 heavy (non-hydrogen) atoms. The molecule has 4 aromatic rings. The highest BCUT2D eigenvalue weighted by atomic mass is 32.2. The average molecular weight is 719 g/mol. The molecule has 2 fully saturated rings. The summed E-state index contributed by atoms with van der Waals surface area (Å²) in [6.45, 7) is 1.68. The minimum atomic E-state index is -4.59. The van der Waals surface area contributed by atoms with E-state index in [0.717, 1.165) is 42.1 Å². The minimum Gasteiger partial charge on any atom is -0.354 e. The molecule has 1 N–H and O–H groups in total. The van der Waals surface area contributed by atoms with Crippen LogP contribution in [-0.4, -0.2) is 78.2 Å². The maximum Gasteiger partial charge on any atom is 0.416 e. The molecule has 0 spiro atoms. The van der Waals surface area contributed by atoms with Crippen molar-refractivity contribution >= 4 is 21.7 Å². The monoisotopic (exact) mass is 718 g/mol. The Morgan fingerprint density at radius 2 is 1.64 bits per heavy atom. The highest BCUT2D eigenvalue weighted by Gasteiger charge is 2.53. The van der Waals surface area contributed by atoms with Crippen LogP contribution in [0.5, 0.6) is 0 Å². The first-order valence-corrected chi connectivity index (χ1v) is 17.1. The topological polar surface area (TPSA) is 98.7 Å². The zero-order valence-corrected chi connectivity index (χ0v) is 27.3. The first-order chi connectivity index (χ1) is 23.7. The number of aromatic nitrogens is 2. The van der Waals surface area contributed by atoms with Gasteiger partial charge in [0, 0.05) is 57.4 Å². The lowest BCUT2D eigenvalue weighted by Crippen LogP contribution is -2.46. The van der Waals surface area contributed by atoms with Crippen molar-refractivity contribution in [1.82, 2.24) is 24.5 Å². The zero-order valence-electron chi connectivity index (χ0n) is 26.5. The van der Waals surface area contributed by atoms with Crippen molar-refractivity contribution in [3.63, 3.8) is 0 Å². The zero-order chi connectivity index (χ0) is 35.7. The summed E-state index contributed by atoms with van der Waals surface area (Å²) in [7, 11) is -4.59. The fourth-order valence-corrected chi connectivity index (χ4v) is 7.60. The number of amides is 1. The number of benzene rings is 2. The molecule has 264 valence electrons. The first-order valence-electron chi connectivity index (χ1n) is 15.7. The van der Waals surface area contributed by atoms with E-state index in [1.165, 1.54) is 12.1 Å². The fourth-order valence-electron chi connectivity index (χ4n) is 5.98. The van der Waals surface area contributed by atoms with Crippen molar-refractivity contribution in [2.75, 3.05) is 37.6 Å². The molecular formula is C34H32F6N6O3S. The van der Waals surface area contributed by atoms with E-state index in [1.807, 2.05) is 23.1 Å². The molecule has 4 heterocycles. The summed E-state index contributed by atoms with van der Waals surface area (Å²) < 4.78 is 109. The lowest BCUT2D eigenvalue weighted by Gasteiger charge is -2.35. The van der Waals surface area contributed by atoms with E-state index in [4.69, 9.17) is 4.98 Å². The fraction of sp³-hybridized carbons (Fsp3) is 0.324. The summed E-state index contributed by atoms with van der Waals surface area (Å²) in [5, 5.41) is 2.56. The number of nitrogens with one attached hydrogen (secondary N) is 1. The van der Waals surface area contributed by atoms with Gasteiger partial charge in [0.1, 0.15) is 17.7 Å². The molecular weight excluding hydrogens is 686 g/mol. The maximum atomic E-state index is 14.6. The smallest absolute Gasteiger partial charge is 0.354 e. The van der Waals surface area contributed by atoms with E-state index in [1.54, 1.807) is 18.3 Å². The quantitative estimate of drug-likeness (QED) is 0.234. The van der Waals surface area contributed by atoms with Gasteiger partial charge in [0.25, 0.3) is 5.92 Å². The molecule has 6 rings (SSSR count). The number of nitrogens with zero attached hydrogens (tertiary/aromatic N) is 5. The Morgan fingerprint density at radius 3 is 2.28 bits per heavy atom. The molecule has 2 aliphatic heterocycles. The summed E-state index contributed by atoms with van der Waals surface area (Å²) in [6, 6.07) is 15.3. The Bertz CT molecular complexity index is 1920. The molecule has 16 heteroatoms. The Kier molecular flexibility index (Phi) is 9.88. The van der Waals surface area contributed by atoms with Crippen molar-refractivity contribution < 1.29 is 39.6 Å². The van der Waals surface area contributed by atoms with Crippen LogP contribution in [0, 0.1) is 5.82 Å². The van der Waals surface area contributed by atoms with E-state index in [-0.39, 0.29) is 6.54 Å². The third-order valence-corrected chi connectivity index (χ3v) is 10.5. The van der Waals surface area contributed by atoms with Crippen LogP contribution in [0.3, 0.4) is 0 Å². The molecule has 2 saturated heterocycles. The number of anilines is 1. The van der Waals surface area contributed by atoms with Crippen LogP contribution in [0.2, 0.25) is 0 Å². The van der Waals surface area contributed by atoms with Crippen LogP contribution in [-0.2, 0) is 34.1 Å². The molecule has 0 saturated carbocycles. The van der Waals surface area contributed by atoms with E-state index in [2.05, 4.69) is 15.2 Å². The summed E-state index contributed by atoms with van der Waals surface area (Å²) >= 11 is 0. The molecule has 1 atom stereocenters. The molecule has 0 aliphatic carbocycles. The van der Waals surface area contributed by atoms with Gasteiger partial charge in [-0.3, -0.25) is 14.7 Å². The van der Waals surface area contributed by atoms with Crippen LogP contribution in [0.15, 0.2) is 90.0 Å². The number of hydrogen-bond acceptors (Lipinski definition) is 7. The van der Waals surface area contributed by atoms with Crippen LogP contribution >= 0.6 is 0 Å². The van der Waals surface area contributed by atoms with Gasteiger partial charge in [0.05, 0.1) is 28.4 Å². The summed E-state index contributed by atoms with van der Waals surface area (Å²) in [5.41, 5.74) is 1.26. The number of hydrogen-bond donors (Lipinski definition) is 1. The number of piperazine rings is 1. The number of rotatable bonds is 9. The Balaban J connectivity index is 1.23. The lowest BCUT2D eigenvalue weighted by atomic mass is 10.1. The van der Waals surface area contributed by atoms with Crippen LogP contribution in [0.25, 0.3) is 11.3 Å². The van der Waals surface area contributed by atoms with E-state index >= 15 is 0 Å². The number of carbonyl (C=O) groups is 1. The van der Waals surface area contributed by atoms with Crippen LogP contribution in [0.4, 0.5) is 32.2 Å². The number of halogens is 6. The second-order valence-electron chi connectivity index (χ2n) is 12.2. The first kappa shape index (κ1) is 35.3. The molecule has 1 amide bonds. The van der Waals surface area contributed by atoms with Crippen LogP contribution in [0.1, 0.15) is 23.2 Å². The molecule has 0 bridgehead atoms. The second-order valence-corrected chi connectivity index (χ2v) is 14.1. The number of carbonyl (C=O) groups excluding carboxylic acids is 1. The van der Waals surface area contributed by atoms with Gasteiger partial charge < -0.3 is 10.2 Å². The highest BCUT2D eigenvalue weighted by molar-refractivity contribution is 7.89. The summed E-state index contributed by atoms with van der Waals surface area (Å²) in [6.07, 6.45) is -3.86. The third kappa shape index (κ3) is 8.08. The second kappa shape index (κ2) is 14.0. The molecule has 9 nitrogen and oxygen atoms in total. The Labute approximate surface area is 284 Å². The van der Waals surface area contributed by atoms with Gasteiger partial charge in [-0.15, -0.1) is 0 Å². The molecule has 1 unspecified atom stereocenters. The predicted molar refractivity (Wildman–Crippen MR) is 172 cm³/mol. The standard InChI is InChI=1S/C34H32F6N6O3S/c35-26-8-10-28(11-9-26)50(48,49)46-22-33(36,37)19-30(46)32(47)42-20-23-17-29(24-4-6-25(7-5-24)34(38,39)40)43-31(18-23)45-15-13-44(14-16-45)21-27-3-1-2-12-41-27/h1-12,17-18,30H,13-16,19-22H2,(H,42,47). The SMILES string of the molecule is O=C(NCc1cc(-c2ccc(C(F)(F)F)cc2)nc(N2CCN(Cc3ccccn3)CC2)c1)C1CC(F)(F)CN1S(=O)(=O)c1ccc(F)cc1. The molecule has 2 aromatic carbocycles.